The van der Waals surface area contributed by atoms with Crippen LogP contribution in [0.15, 0.2) is 18.2 Å². The summed E-state index contributed by atoms with van der Waals surface area (Å²) >= 11 is 0. The number of amides is 1. The summed E-state index contributed by atoms with van der Waals surface area (Å²) in [7, 11) is 0. The van der Waals surface area contributed by atoms with Crippen LogP contribution in [0.25, 0.3) is 0 Å². The van der Waals surface area contributed by atoms with Crippen LogP contribution < -0.4 is 10.6 Å². The molecule has 6 heteroatoms. The van der Waals surface area contributed by atoms with Gasteiger partial charge in [-0.15, -0.1) is 0 Å². The van der Waals surface area contributed by atoms with Crippen LogP contribution in [0, 0.1) is 16.0 Å². The number of rotatable bonds is 7. The van der Waals surface area contributed by atoms with E-state index in [1.54, 1.807) is 6.07 Å². The number of benzene rings is 1. The maximum atomic E-state index is 11.8. The van der Waals surface area contributed by atoms with Crippen molar-refractivity contribution in [3.63, 3.8) is 0 Å². The lowest BCUT2D eigenvalue weighted by Crippen LogP contribution is -2.23. The number of carbonyl (C=O) groups is 1. The van der Waals surface area contributed by atoms with Gasteiger partial charge in [0.1, 0.15) is 5.69 Å². The standard InChI is InChI=1S/C15H23N3O3/c1-5-16-15(19)12-6-7-14(18(20)21)13(9-12)17-11(4)8-10(2)3/h6-7,9-11,17H,5,8H2,1-4H3,(H,16,19). The fourth-order valence-electron chi connectivity index (χ4n) is 2.25. The molecule has 0 spiro atoms. The van der Waals surface area contributed by atoms with Crippen LogP contribution in [0.5, 0.6) is 0 Å². The fourth-order valence-corrected chi connectivity index (χ4v) is 2.25. The van der Waals surface area contributed by atoms with Crippen LogP contribution in [-0.4, -0.2) is 23.4 Å². The molecule has 116 valence electrons. The second-order valence-electron chi connectivity index (χ2n) is 5.52. The highest BCUT2D eigenvalue weighted by atomic mass is 16.6. The molecule has 0 saturated carbocycles. The normalized spacial score (nSPS) is 12.0. The maximum absolute atomic E-state index is 11.8. The molecule has 0 aliphatic rings. The quantitative estimate of drug-likeness (QED) is 0.597. The van der Waals surface area contributed by atoms with Crippen molar-refractivity contribution in [3.05, 3.63) is 33.9 Å². The molecule has 6 nitrogen and oxygen atoms in total. The van der Waals surface area contributed by atoms with Gasteiger partial charge in [0.2, 0.25) is 0 Å². The minimum absolute atomic E-state index is 0.0151. The Morgan fingerprint density at radius 3 is 2.52 bits per heavy atom. The minimum atomic E-state index is -0.439. The molecule has 0 aromatic heterocycles. The second-order valence-corrected chi connectivity index (χ2v) is 5.52. The molecular weight excluding hydrogens is 270 g/mol. The van der Waals surface area contributed by atoms with Gasteiger partial charge in [0, 0.05) is 24.2 Å². The highest BCUT2D eigenvalue weighted by Crippen LogP contribution is 2.27. The number of anilines is 1. The van der Waals surface area contributed by atoms with E-state index in [2.05, 4.69) is 24.5 Å². The summed E-state index contributed by atoms with van der Waals surface area (Å²) in [6, 6.07) is 4.48. The first-order valence-corrected chi connectivity index (χ1v) is 7.18. The Kier molecular flexibility index (Phi) is 6.14. The molecule has 0 fully saturated rings. The number of nitrogens with zero attached hydrogens (tertiary/aromatic N) is 1. The van der Waals surface area contributed by atoms with Crippen LogP contribution in [0.4, 0.5) is 11.4 Å². The monoisotopic (exact) mass is 293 g/mol. The number of carbonyl (C=O) groups excluding carboxylic acids is 1. The molecule has 1 amide bonds. The van der Waals surface area contributed by atoms with Gasteiger partial charge in [-0.3, -0.25) is 14.9 Å². The van der Waals surface area contributed by atoms with Crippen molar-refractivity contribution in [2.24, 2.45) is 5.92 Å². The minimum Gasteiger partial charge on any atom is -0.377 e. The van der Waals surface area contributed by atoms with E-state index in [0.29, 0.717) is 23.7 Å². The van der Waals surface area contributed by atoms with Gasteiger partial charge in [0.15, 0.2) is 0 Å². The molecule has 21 heavy (non-hydrogen) atoms. The Hall–Kier alpha value is -2.11. The Morgan fingerprint density at radius 1 is 1.33 bits per heavy atom. The maximum Gasteiger partial charge on any atom is 0.292 e. The zero-order chi connectivity index (χ0) is 16.0. The molecule has 0 radical (unpaired) electrons. The Labute approximate surface area is 125 Å². The lowest BCUT2D eigenvalue weighted by atomic mass is 10.0. The molecule has 0 saturated heterocycles. The highest BCUT2D eigenvalue weighted by molar-refractivity contribution is 5.95. The molecule has 0 bridgehead atoms. The topological polar surface area (TPSA) is 84.3 Å². The number of hydrogen-bond donors (Lipinski definition) is 2. The van der Waals surface area contributed by atoms with E-state index in [1.165, 1.54) is 12.1 Å². The van der Waals surface area contributed by atoms with Crippen molar-refractivity contribution in [1.29, 1.82) is 0 Å². The van der Waals surface area contributed by atoms with E-state index in [1.807, 2.05) is 13.8 Å². The highest BCUT2D eigenvalue weighted by Gasteiger charge is 2.18. The number of nitrogens with one attached hydrogen (secondary N) is 2. The Balaban J connectivity index is 3.04. The number of hydrogen-bond acceptors (Lipinski definition) is 4. The van der Waals surface area contributed by atoms with Crippen molar-refractivity contribution in [2.45, 2.75) is 40.2 Å². The van der Waals surface area contributed by atoms with E-state index in [0.717, 1.165) is 6.42 Å². The predicted octanol–water partition coefficient (Wildman–Crippen LogP) is 3.19. The van der Waals surface area contributed by atoms with Crippen LogP contribution in [0.2, 0.25) is 0 Å². The van der Waals surface area contributed by atoms with Gasteiger partial charge in [-0.25, -0.2) is 0 Å². The van der Waals surface area contributed by atoms with E-state index in [4.69, 9.17) is 0 Å². The van der Waals surface area contributed by atoms with Gasteiger partial charge in [0.05, 0.1) is 4.92 Å². The molecule has 1 unspecified atom stereocenters. The SMILES string of the molecule is CCNC(=O)c1ccc([N+](=O)[O-])c(NC(C)CC(C)C)c1. The van der Waals surface area contributed by atoms with Crippen molar-refractivity contribution in [3.8, 4) is 0 Å². The molecule has 1 rings (SSSR count). The summed E-state index contributed by atoms with van der Waals surface area (Å²) in [5.74, 6) is 0.255. The predicted molar refractivity (Wildman–Crippen MR) is 83.6 cm³/mol. The third-order valence-electron chi connectivity index (χ3n) is 3.02. The third kappa shape index (κ3) is 5.06. The summed E-state index contributed by atoms with van der Waals surface area (Å²) in [5.41, 5.74) is 0.789. The lowest BCUT2D eigenvalue weighted by molar-refractivity contribution is -0.384. The van der Waals surface area contributed by atoms with Crippen molar-refractivity contribution in [1.82, 2.24) is 5.32 Å². The average molecular weight is 293 g/mol. The third-order valence-corrected chi connectivity index (χ3v) is 3.02. The zero-order valence-corrected chi connectivity index (χ0v) is 13.0. The van der Waals surface area contributed by atoms with Crippen LogP contribution in [-0.2, 0) is 0 Å². The van der Waals surface area contributed by atoms with Gasteiger partial charge in [-0.1, -0.05) is 13.8 Å². The lowest BCUT2D eigenvalue weighted by Gasteiger charge is -2.17. The number of nitro benzene ring substituents is 1. The summed E-state index contributed by atoms with van der Waals surface area (Å²) < 4.78 is 0. The van der Waals surface area contributed by atoms with Crippen molar-refractivity contribution < 1.29 is 9.72 Å². The molecule has 1 atom stereocenters. The average Bonchev–Trinajstić information content (AvgIpc) is 2.37. The molecule has 0 heterocycles. The first kappa shape index (κ1) is 16.9. The fraction of sp³-hybridized carbons (Fsp3) is 0.533. The largest absolute Gasteiger partial charge is 0.377 e. The van der Waals surface area contributed by atoms with Gasteiger partial charge >= 0.3 is 0 Å². The van der Waals surface area contributed by atoms with Crippen molar-refractivity contribution >= 4 is 17.3 Å². The summed E-state index contributed by atoms with van der Waals surface area (Å²) in [6.07, 6.45) is 0.891. The van der Waals surface area contributed by atoms with E-state index in [-0.39, 0.29) is 17.6 Å². The molecule has 0 aliphatic carbocycles. The smallest absolute Gasteiger partial charge is 0.292 e. The summed E-state index contributed by atoms with van der Waals surface area (Å²) in [4.78, 5) is 22.5. The molecule has 1 aromatic carbocycles. The van der Waals surface area contributed by atoms with Crippen LogP contribution >= 0.6 is 0 Å². The van der Waals surface area contributed by atoms with Crippen LogP contribution in [0.3, 0.4) is 0 Å². The second kappa shape index (κ2) is 7.61. The number of nitro groups is 1. The van der Waals surface area contributed by atoms with Crippen LogP contribution in [0.1, 0.15) is 44.5 Å². The Bertz CT molecular complexity index is 515. The van der Waals surface area contributed by atoms with Crippen molar-refractivity contribution in [2.75, 3.05) is 11.9 Å². The Morgan fingerprint density at radius 2 is 2.00 bits per heavy atom. The van der Waals surface area contributed by atoms with Gasteiger partial charge in [-0.2, -0.15) is 0 Å². The molecule has 1 aromatic rings. The van der Waals surface area contributed by atoms with E-state index >= 15 is 0 Å². The first-order chi connectivity index (χ1) is 9.85. The van der Waals surface area contributed by atoms with Gasteiger partial charge < -0.3 is 10.6 Å². The molecule has 0 aliphatic heterocycles. The van der Waals surface area contributed by atoms with Gasteiger partial charge in [-0.05, 0) is 38.3 Å². The van der Waals surface area contributed by atoms with E-state index < -0.39 is 4.92 Å². The first-order valence-electron chi connectivity index (χ1n) is 7.18. The summed E-state index contributed by atoms with van der Waals surface area (Å²) in [6.45, 7) is 8.51. The summed E-state index contributed by atoms with van der Waals surface area (Å²) in [5, 5.41) is 16.9. The van der Waals surface area contributed by atoms with Gasteiger partial charge in [0.25, 0.3) is 11.6 Å². The molecule has 2 N–H and O–H groups in total. The zero-order valence-electron chi connectivity index (χ0n) is 13.0. The van der Waals surface area contributed by atoms with E-state index in [9.17, 15) is 14.9 Å². The molecular formula is C15H23N3O3.